The minimum absolute atomic E-state index is 0.0832. The lowest BCUT2D eigenvalue weighted by Crippen LogP contribution is -2.25. The molecule has 1 aromatic heterocycles. The largest absolute Gasteiger partial charge is 0.399 e. The van der Waals surface area contributed by atoms with Gasteiger partial charge in [-0.15, -0.1) is 11.3 Å². The summed E-state index contributed by atoms with van der Waals surface area (Å²) in [6, 6.07) is 11.8. The van der Waals surface area contributed by atoms with Crippen LogP contribution in [0, 0.1) is 0 Å². The Balaban J connectivity index is 1.69. The van der Waals surface area contributed by atoms with Gasteiger partial charge in [-0.25, -0.2) is 0 Å². The molecule has 0 atom stereocenters. The summed E-state index contributed by atoms with van der Waals surface area (Å²) in [5.74, 6) is 0.0832. The Bertz CT molecular complexity index is 523. The predicted molar refractivity (Wildman–Crippen MR) is 80.2 cm³/mol. The van der Waals surface area contributed by atoms with Gasteiger partial charge in [0.05, 0.1) is 0 Å². The normalized spacial score (nSPS) is 10.3. The second kappa shape index (κ2) is 6.95. The van der Waals surface area contributed by atoms with E-state index < -0.39 is 0 Å². The third-order valence-corrected chi connectivity index (χ3v) is 3.89. The number of hydrogen-bond acceptors (Lipinski definition) is 3. The number of amides is 1. The summed E-state index contributed by atoms with van der Waals surface area (Å²) in [6.07, 6.45) is 2.08. The van der Waals surface area contributed by atoms with Crippen molar-refractivity contribution in [2.45, 2.75) is 19.3 Å². The molecule has 0 radical (unpaired) electrons. The van der Waals surface area contributed by atoms with Crippen LogP contribution in [-0.4, -0.2) is 12.5 Å². The molecular formula is C15H18N2OS. The number of nitrogens with two attached hydrogens (primary N) is 1. The number of carbonyl (C=O) groups is 1. The molecule has 0 aliphatic rings. The first kappa shape index (κ1) is 13.6. The Hall–Kier alpha value is -1.81. The zero-order valence-electron chi connectivity index (χ0n) is 10.8. The zero-order valence-corrected chi connectivity index (χ0v) is 11.6. The van der Waals surface area contributed by atoms with Gasteiger partial charge in [0.1, 0.15) is 0 Å². The van der Waals surface area contributed by atoms with Crippen LogP contribution in [-0.2, 0) is 17.6 Å². The molecule has 0 unspecified atom stereocenters. The van der Waals surface area contributed by atoms with E-state index in [1.807, 2.05) is 30.3 Å². The maximum Gasteiger partial charge on any atom is 0.220 e. The van der Waals surface area contributed by atoms with E-state index in [9.17, 15) is 4.79 Å². The minimum atomic E-state index is 0.0832. The number of nitrogens with one attached hydrogen (secondary N) is 1. The van der Waals surface area contributed by atoms with Crippen LogP contribution >= 0.6 is 11.3 Å². The fourth-order valence-corrected chi connectivity index (χ4v) is 2.59. The van der Waals surface area contributed by atoms with E-state index >= 15 is 0 Å². The van der Waals surface area contributed by atoms with Gasteiger partial charge in [0.15, 0.2) is 0 Å². The van der Waals surface area contributed by atoms with Crippen LogP contribution in [0.5, 0.6) is 0 Å². The summed E-state index contributed by atoms with van der Waals surface area (Å²) in [5, 5.41) is 4.99. The first-order valence-electron chi connectivity index (χ1n) is 6.38. The Morgan fingerprint density at radius 2 is 2.00 bits per heavy atom. The molecule has 0 aliphatic carbocycles. The molecule has 100 valence electrons. The van der Waals surface area contributed by atoms with Gasteiger partial charge in [-0.2, -0.15) is 0 Å². The summed E-state index contributed by atoms with van der Waals surface area (Å²) < 4.78 is 0. The number of para-hydroxylation sites is 1. The van der Waals surface area contributed by atoms with Crippen molar-refractivity contribution in [2.75, 3.05) is 12.3 Å². The SMILES string of the molecule is Nc1ccccc1CCC(=O)NCCc1cccs1. The van der Waals surface area contributed by atoms with Crippen molar-refractivity contribution in [2.24, 2.45) is 0 Å². The third-order valence-electron chi connectivity index (χ3n) is 2.95. The Morgan fingerprint density at radius 3 is 2.74 bits per heavy atom. The average Bonchev–Trinajstić information content (AvgIpc) is 2.91. The van der Waals surface area contributed by atoms with Gasteiger partial charge in [0, 0.05) is 23.5 Å². The summed E-state index contributed by atoms with van der Waals surface area (Å²) in [4.78, 5) is 13.0. The van der Waals surface area contributed by atoms with Crippen molar-refractivity contribution < 1.29 is 4.79 Å². The Morgan fingerprint density at radius 1 is 1.16 bits per heavy atom. The molecule has 0 fully saturated rings. The van der Waals surface area contributed by atoms with E-state index in [1.54, 1.807) is 11.3 Å². The van der Waals surface area contributed by atoms with E-state index in [0.717, 1.165) is 17.7 Å². The highest BCUT2D eigenvalue weighted by molar-refractivity contribution is 7.09. The van der Waals surface area contributed by atoms with Crippen molar-refractivity contribution >= 4 is 22.9 Å². The maximum atomic E-state index is 11.7. The zero-order chi connectivity index (χ0) is 13.5. The topological polar surface area (TPSA) is 55.1 Å². The van der Waals surface area contributed by atoms with Gasteiger partial charge >= 0.3 is 0 Å². The molecule has 3 N–H and O–H groups in total. The van der Waals surface area contributed by atoms with Crippen molar-refractivity contribution in [3.05, 3.63) is 52.2 Å². The number of benzene rings is 1. The van der Waals surface area contributed by atoms with Gasteiger partial charge in [-0.05, 0) is 35.9 Å². The van der Waals surface area contributed by atoms with E-state index in [0.29, 0.717) is 19.4 Å². The Kier molecular flexibility index (Phi) is 4.98. The number of rotatable bonds is 6. The predicted octanol–water partition coefficient (Wildman–Crippen LogP) is 2.62. The standard InChI is InChI=1S/C15H18N2OS/c16-14-6-2-1-4-12(14)7-8-15(18)17-10-9-13-5-3-11-19-13/h1-6,11H,7-10,16H2,(H,17,18). The summed E-state index contributed by atoms with van der Waals surface area (Å²) in [5.41, 5.74) is 7.64. The first-order valence-corrected chi connectivity index (χ1v) is 7.26. The van der Waals surface area contributed by atoms with E-state index in [-0.39, 0.29) is 5.91 Å². The molecule has 0 saturated carbocycles. The molecule has 4 heteroatoms. The molecule has 19 heavy (non-hydrogen) atoms. The second-order valence-electron chi connectivity index (χ2n) is 4.38. The number of carbonyl (C=O) groups excluding carboxylic acids is 1. The quantitative estimate of drug-likeness (QED) is 0.796. The number of aryl methyl sites for hydroxylation is 1. The van der Waals surface area contributed by atoms with Crippen LogP contribution < -0.4 is 11.1 Å². The Labute approximate surface area is 117 Å². The molecule has 1 aromatic carbocycles. The maximum absolute atomic E-state index is 11.7. The van der Waals surface area contributed by atoms with Crippen LogP contribution in [0.3, 0.4) is 0 Å². The molecular weight excluding hydrogens is 256 g/mol. The van der Waals surface area contributed by atoms with Crippen molar-refractivity contribution in [3.8, 4) is 0 Å². The van der Waals surface area contributed by atoms with Crippen LogP contribution in [0.2, 0.25) is 0 Å². The molecule has 1 heterocycles. The summed E-state index contributed by atoms with van der Waals surface area (Å²) in [6.45, 7) is 0.698. The number of thiophene rings is 1. The molecule has 0 bridgehead atoms. The van der Waals surface area contributed by atoms with Crippen molar-refractivity contribution in [1.82, 2.24) is 5.32 Å². The third kappa shape index (κ3) is 4.41. The fourth-order valence-electron chi connectivity index (χ4n) is 1.88. The number of hydrogen-bond donors (Lipinski definition) is 2. The molecule has 1 amide bonds. The number of anilines is 1. The van der Waals surface area contributed by atoms with Crippen LogP contribution in [0.1, 0.15) is 16.9 Å². The first-order chi connectivity index (χ1) is 9.25. The highest BCUT2D eigenvalue weighted by atomic mass is 32.1. The average molecular weight is 274 g/mol. The molecule has 3 nitrogen and oxygen atoms in total. The van der Waals surface area contributed by atoms with Gasteiger partial charge in [-0.1, -0.05) is 24.3 Å². The van der Waals surface area contributed by atoms with E-state index in [4.69, 9.17) is 5.73 Å². The highest BCUT2D eigenvalue weighted by Crippen LogP contribution is 2.12. The second-order valence-corrected chi connectivity index (χ2v) is 5.41. The van der Waals surface area contributed by atoms with Crippen LogP contribution in [0.15, 0.2) is 41.8 Å². The van der Waals surface area contributed by atoms with E-state index in [2.05, 4.69) is 16.8 Å². The lowest BCUT2D eigenvalue weighted by molar-refractivity contribution is -0.121. The van der Waals surface area contributed by atoms with Crippen molar-refractivity contribution in [1.29, 1.82) is 0 Å². The fraction of sp³-hybridized carbons (Fsp3) is 0.267. The van der Waals surface area contributed by atoms with E-state index in [1.165, 1.54) is 4.88 Å². The van der Waals surface area contributed by atoms with Gasteiger partial charge in [0.2, 0.25) is 5.91 Å². The van der Waals surface area contributed by atoms with Gasteiger partial charge in [0.25, 0.3) is 0 Å². The summed E-state index contributed by atoms with van der Waals surface area (Å²) >= 11 is 1.72. The lowest BCUT2D eigenvalue weighted by Gasteiger charge is -2.06. The summed E-state index contributed by atoms with van der Waals surface area (Å²) in [7, 11) is 0. The highest BCUT2D eigenvalue weighted by Gasteiger charge is 2.04. The molecule has 2 rings (SSSR count). The van der Waals surface area contributed by atoms with Crippen LogP contribution in [0.25, 0.3) is 0 Å². The molecule has 2 aromatic rings. The van der Waals surface area contributed by atoms with Gasteiger partial charge < -0.3 is 11.1 Å². The molecule has 0 aliphatic heterocycles. The monoisotopic (exact) mass is 274 g/mol. The number of nitrogen functional groups attached to an aromatic ring is 1. The minimum Gasteiger partial charge on any atom is -0.399 e. The van der Waals surface area contributed by atoms with Crippen molar-refractivity contribution in [3.63, 3.8) is 0 Å². The smallest absolute Gasteiger partial charge is 0.220 e. The molecule has 0 spiro atoms. The van der Waals surface area contributed by atoms with Gasteiger partial charge in [-0.3, -0.25) is 4.79 Å². The lowest BCUT2D eigenvalue weighted by atomic mass is 10.1. The molecule has 0 saturated heterocycles. The van der Waals surface area contributed by atoms with Crippen LogP contribution in [0.4, 0.5) is 5.69 Å².